The van der Waals surface area contributed by atoms with E-state index in [0.717, 1.165) is 11.3 Å². The molecule has 0 saturated carbocycles. The Kier molecular flexibility index (Phi) is 4.43. The summed E-state index contributed by atoms with van der Waals surface area (Å²) in [5.74, 6) is 1.64. The van der Waals surface area contributed by atoms with Crippen LogP contribution < -0.4 is 4.74 Å². The SMILES string of the molecule is CC(C)c1ccccc1Oc1cccc(F)c1C(C)C. The maximum atomic E-state index is 14.0. The molecule has 20 heavy (non-hydrogen) atoms. The molecule has 0 fully saturated rings. The van der Waals surface area contributed by atoms with Crippen molar-refractivity contribution in [3.05, 3.63) is 59.4 Å². The average molecular weight is 272 g/mol. The van der Waals surface area contributed by atoms with E-state index in [1.54, 1.807) is 6.07 Å². The van der Waals surface area contributed by atoms with Crippen LogP contribution in [0.15, 0.2) is 42.5 Å². The Balaban J connectivity index is 2.43. The van der Waals surface area contributed by atoms with Crippen molar-refractivity contribution in [3.63, 3.8) is 0 Å². The van der Waals surface area contributed by atoms with Gasteiger partial charge in [-0.2, -0.15) is 0 Å². The molecule has 2 aromatic carbocycles. The van der Waals surface area contributed by atoms with Crippen molar-refractivity contribution in [2.45, 2.75) is 39.5 Å². The lowest BCUT2D eigenvalue weighted by Gasteiger charge is -2.17. The molecule has 0 spiro atoms. The van der Waals surface area contributed by atoms with Crippen molar-refractivity contribution in [1.29, 1.82) is 0 Å². The minimum atomic E-state index is -0.209. The van der Waals surface area contributed by atoms with Gasteiger partial charge >= 0.3 is 0 Å². The van der Waals surface area contributed by atoms with Gasteiger partial charge in [0.05, 0.1) is 0 Å². The minimum absolute atomic E-state index is 0.0809. The number of para-hydroxylation sites is 1. The van der Waals surface area contributed by atoms with Crippen molar-refractivity contribution in [2.75, 3.05) is 0 Å². The highest BCUT2D eigenvalue weighted by atomic mass is 19.1. The summed E-state index contributed by atoms with van der Waals surface area (Å²) in [5.41, 5.74) is 1.76. The first kappa shape index (κ1) is 14.6. The molecule has 0 N–H and O–H groups in total. The Labute approximate surface area is 120 Å². The van der Waals surface area contributed by atoms with Crippen LogP contribution in [0.25, 0.3) is 0 Å². The summed E-state index contributed by atoms with van der Waals surface area (Å²) in [6, 6.07) is 12.9. The van der Waals surface area contributed by atoms with E-state index in [9.17, 15) is 4.39 Å². The van der Waals surface area contributed by atoms with Gasteiger partial charge in [0.15, 0.2) is 0 Å². The molecule has 0 aliphatic heterocycles. The van der Waals surface area contributed by atoms with Crippen LogP contribution in [0.2, 0.25) is 0 Å². The van der Waals surface area contributed by atoms with Gasteiger partial charge in [-0.25, -0.2) is 4.39 Å². The molecule has 1 nitrogen and oxygen atoms in total. The van der Waals surface area contributed by atoms with Crippen molar-refractivity contribution in [2.24, 2.45) is 0 Å². The first-order chi connectivity index (χ1) is 9.50. The van der Waals surface area contributed by atoms with Crippen molar-refractivity contribution in [3.8, 4) is 11.5 Å². The van der Waals surface area contributed by atoms with Crippen LogP contribution in [0, 0.1) is 5.82 Å². The number of ether oxygens (including phenoxy) is 1. The zero-order chi connectivity index (χ0) is 14.7. The Morgan fingerprint density at radius 1 is 0.800 bits per heavy atom. The average Bonchev–Trinajstić information content (AvgIpc) is 2.38. The molecular formula is C18H21FO. The third-order valence-electron chi connectivity index (χ3n) is 3.35. The quantitative estimate of drug-likeness (QED) is 0.676. The second kappa shape index (κ2) is 6.08. The monoisotopic (exact) mass is 272 g/mol. The highest BCUT2D eigenvalue weighted by molar-refractivity contribution is 5.44. The molecule has 0 amide bonds. The van der Waals surface area contributed by atoms with E-state index in [1.165, 1.54) is 6.07 Å². The molecule has 0 unspecified atom stereocenters. The van der Waals surface area contributed by atoms with Gasteiger partial charge in [-0.1, -0.05) is 52.0 Å². The molecule has 0 radical (unpaired) electrons. The van der Waals surface area contributed by atoms with E-state index in [2.05, 4.69) is 13.8 Å². The smallest absolute Gasteiger partial charge is 0.133 e. The van der Waals surface area contributed by atoms with Gasteiger partial charge in [0.2, 0.25) is 0 Å². The minimum Gasteiger partial charge on any atom is -0.457 e. The van der Waals surface area contributed by atoms with Gasteiger partial charge in [0.1, 0.15) is 17.3 Å². The summed E-state index contributed by atoms with van der Waals surface area (Å²) in [5, 5.41) is 0. The normalized spacial score (nSPS) is 11.2. The molecule has 2 aromatic rings. The first-order valence-electron chi connectivity index (χ1n) is 7.06. The summed E-state index contributed by atoms with van der Waals surface area (Å²) in [6.45, 7) is 8.19. The van der Waals surface area contributed by atoms with Crippen LogP contribution in [0.3, 0.4) is 0 Å². The maximum absolute atomic E-state index is 14.0. The van der Waals surface area contributed by atoms with Gasteiger partial charge in [0, 0.05) is 5.56 Å². The van der Waals surface area contributed by atoms with E-state index >= 15 is 0 Å². The van der Waals surface area contributed by atoms with E-state index in [4.69, 9.17) is 4.74 Å². The fourth-order valence-corrected chi connectivity index (χ4v) is 2.34. The van der Waals surface area contributed by atoms with Crippen LogP contribution >= 0.6 is 0 Å². The highest BCUT2D eigenvalue weighted by Gasteiger charge is 2.15. The Morgan fingerprint density at radius 2 is 1.45 bits per heavy atom. The molecule has 0 bridgehead atoms. The second-order valence-corrected chi connectivity index (χ2v) is 5.60. The van der Waals surface area contributed by atoms with E-state index < -0.39 is 0 Å². The number of rotatable bonds is 4. The van der Waals surface area contributed by atoms with Crippen LogP contribution in [0.4, 0.5) is 4.39 Å². The molecule has 2 rings (SSSR count). The highest BCUT2D eigenvalue weighted by Crippen LogP contribution is 2.35. The van der Waals surface area contributed by atoms with Gasteiger partial charge in [-0.05, 0) is 35.6 Å². The number of hydrogen-bond acceptors (Lipinski definition) is 1. The predicted molar refractivity (Wildman–Crippen MR) is 81.1 cm³/mol. The first-order valence-corrected chi connectivity index (χ1v) is 7.06. The zero-order valence-corrected chi connectivity index (χ0v) is 12.5. The van der Waals surface area contributed by atoms with Crippen molar-refractivity contribution >= 4 is 0 Å². The fraction of sp³-hybridized carbons (Fsp3) is 0.333. The zero-order valence-electron chi connectivity index (χ0n) is 12.5. The molecule has 0 heterocycles. The summed E-state index contributed by atoms with van der Waals surface area (Å²) in [7, 11) is 0. The van der Waals surface area contributed by atoms with Crippen LogP contribution in [0.1, 0.15) is 50.7 Å². The number of halogens is 1. The number of benzene rings is 2. The maximum Gasteiger partial charge on any atom is 0.133 e. The second-order valence-electron chi connectivity index (χ2n) is 5.60. The standard InChI is InChI=1S/C18H21FO/c1-12(2)14-8-5-6-10-16(14)20-17-11-7-9-15(19)18(17)13(3)4/h5-13H,1-4H3. The molecule has 0 aliphatic rings. The Bertz CT molecular complexity index is 588. The van der Waals surface area contributed by atoms with Gasteiger partial charge in [-0.15, -0.1) is 0 Å². The molecule has 106 valence electrons. The summed E-state index contributed by atoms with van der Waals surface area (Å²) >= 11 is 0. The molecular weight excluding hydrogens is 251 g/mol. The summed E-state index contributed by atoms with van der Waals surface area (Å²) < 4.78 is 20.0. The molecule has 0 aliphatic carbocycles. The lowest BCUT2D eigenvalue weighted by atomic mass is 10.0. The van der Waals surface area contributed by atoms with E-state index in [-0.39, 0.29) is 11.7 Å². The topological polar surface area (TPSA) is 9.23 Å². The Hall–Kier alpha value is -1.83. The summed E-state index contributed by atoms with van der Waals surface area (Å²) in [4.78, 5) is 0. The third kappa shape index (κ3) is 3.01. The Morgan fingerprint density at radius 3 is 2.10 bits per heavy atom. The molecule has 0 atom stereocenters. The van der Waals surface area contributed by atoms with Gasteiger partial charge in [-0.3, -0.25) is 0 Å². The largest absolute Gasteiger partial charge is 0.457 e. The van der Waals surface area contributed by atoms with Crippen LogP contribution in [-0.4, -0.2) is 0 Å². The third-order valence-corrected chi connectivity index (χ3v) is 3.35. The lowest BCUT2D eigenvalue weighted by Crippen LogP contribution is -2.00. The molecule has 2 heteroatoms. The number of hydrogen-bond donors (Lipinski definition) is 0. The molecule has 0 saturated heterocycles. The van der Waals surface area contributed by atoms with Crippen LogP contribution in [-0.2, 0) is 0 Å². The summed E-state index contributed by atoms with van der Waals surface area (Å²) in [6.07, 6.45) is 0. The van der Waals surface area contributed by atoms with E-state index in [1.807, 2.05) is 44.2 Å². The lowest BCUT2D eigenvalue weighted by molar-refractivity contribution is 0.454. The fourth-order valence-electron chi connectivity index (χ4n) is 2.34. The van der Waals surface area contributed by atoms with Crippen molar-refractivity contribution < 1.29 is 9.13 Å². The van der Waals surface area contributed by atoms with Gasteiger partial charge in [0.25, 0.3) is 0 Å². The van der Waals surface area contributed by atoms with Crippen molar-refractivity contribution in [1.82, 2.24) is 0 Å². The molecule has 0 aromatic heterocycles. The van der Waals surface area contributed by atoms with E-state index in [0.29, 0.717) is 17.2 Å². The van der Waals surface area contributed by atoms with Crippen LogP contribution in [0.5, 0.6) is 11.5 Å². The predicted octanol–water partition coefficient (Wildman–Crippen LogP) is 5.86. The van der Waals surface area contributed by atoms with Gasteiger partial charge < -0.3 is 4.74 Å².